The molecule has 0 fully saturated rings. The van der Waals surface area contributed by atoms with Crippen LogP contribution in [0.1, 0.15) is 11.1 Å². The quantitative estimate of drug-likeness (QED) is 0.806. The molecule has 0 radical (unpaired) electrons. The van der Waals surface area contributed by atoms with E-state index in [-0.39, 0.29) is 6.54 Å². The fourth-order valence-electron chi connectivity index (χ4n) is 1.66. The summed E-state index contributed by atoms with van der Waals surface area (Å²) in [6.07, 6.45) is -3.26. The van der Waals surface area contributed by atoms with E-state index in [1.165, 1.54) is 12.3 Å². The molecule has 1 aromatic carbocycles. The van der Waals surface area contributed by atoms with Crippen molar-refractivity contribution in [2.45, 2.75) is 12.7 Å². The third kappa shape index (κ3) is 2.61. The molecule has 2 nitrogen and oxygen atoms in total. The molecule has 0 spiro atoms. The summed E-state index contributed by atoms with van der Waals surface area (Å²) in [7, 11) is 0. The van der Waals surface area contributed by atoms with Crippen LogP contribution in [0, 0.1) is 0 Å². The number of pyridine rings is 1. The minimum Gasteiger partial charge on any atom is -0.311 e. The maximum Gasteiger partial charge on any atom is 0.421 e. The van der Waals surface area contributed by atoms with Crippen molar-refractivity contribution < 1.29 is 13.2 Å². The lowest BCUT2D eigenvalue weighted by molar-refractivity contribution is -0.138. The van der Waals surface area contributed by atoms with E-state index in [4.69, 9.17) is 0 Å². The minimum absolute atomic E-state index is 0.129. The summed E-state index contributed by atoms with van der Waals surface area (Å²) in [6, 6.07) is 10.9. The second-order valence-electron chi connectivity index (χ2n) is 3.84. The lowest BCUT2D eigenvalue weighted by Gasteiger charge is -2.10. The average molecular weight is 253 g/mol. The summed E-state index contributed by atoms with van der Waals surface area (Å²) in [5.41, 5.74) is -1.38. The summed E-state index contributed by atoms with van der Waals surface area (Å²) in [5, 5.41) is 0. The van der Waals surface area contributed by atoms with E-state index in [0.717, 1.165) is 16.2 Å². The first kappa shape index (κ1) is 12.4. The summed E-state index contributed by atoms with van der Waals surface area (Å²) < 4.78 is 38.7. The van der Waals surface area contributed by atoms with Gasteiger partial charge in [0.2, 0.25) is 0 Å². The van der Waals surface area contributed by atoms with Crippen LogP contribution in [0.5, 0.6) is 0 Å². The third-order valence-electron chi connectivity index (χ3n) is 2.52. The van der Waals surface area contributed by atoms with Crippen molar-refractivity contribution in [3.05, 3.63) is 70.1 Å². The molecule has 0 bridgehead atoms. The molecule has 0 aliphatic rings. The minimum atomic E-state index is -4.61. The van der Waals surface area contributed by atoms with Crippen LogP contribution >= 0.6 is 0 Å². The van der Waals surface area contributed by atoms with Crippen LogP contribution < -0.4 is 5.56 Å². The lowest BCUT2D eigenvalue weighted by Crippen LogP contribution is -2.28. The highest BCUT2D eigenvalue weighted by Crippen LogP contribution is 2.26. The monoisotopic (exact) mass is 253 g/mol. The summed E-state index contributed by atoms with van der Waals surface area (Å²) in [5.74, 6) is 0. The fourth-order valence-corrected chi connectivity index (χ4v) is 1.66. The maximum absolute atomic E-state index is 12.6. The molecule has 94 valence electrons. The van der Waals surface area contributed by atoms with Crippen molar-refractivity contribution in [2.24, 2.45) is 0 Å². The van der Waals surface area contributed by atoms with Gasteiger partial charge in [0.1, 0.15) is 5.56 Å². The Balaban J connectivity index is 2.39. The molecule has 2 aromatic rings. The van der Waals surface area contributed by atoms with Gasteiger partial charge in [0.15, 0.2) is 0 Å². The number of benzene rings is 1. The Labute approximate surface area is 101 Å². The first-order valence-corrected chi connectivity index (χ1v) is 5.29. The first-order valence-electron chi connectivity index (χ1n) is 5.29. The number of aromatic nitrogens is 1. The number of alkyl halides is 3. The predicted octanol–water partition coefficient (Wildman–Crippen LogP) is 2.92. The van der Waals surface area contributed by atoms with Crippen molar-refractivity contribution >= 4 is 0 Å². The molecule has 1 aromatic heterocycles. The SMILES string of the molecule is O=c1c(C(F)(F)F)cccn1Cc1ccccc1. The van der Waals surface area contributed by atoms with E-state index in [0.29, 0.717) is 0 Å². The highest BCUT2D eigenvalue weighted by atomic mass is 19.4. The van der Waals surface area contributed by atoms with Crippen molar-refractivity contribution in [1.82, 2.24) is 4.57 Å². The Kier molecular flexibility index (Phi) is 3.23. The second kappa shape index (κ2) is 4.68. The van der Waals surface area contributed by atoms with Gasteiger partial charge in [0.25, 0.3) is 5.56 Å². The van der Waals surface area contributed by atoms with Gasteiger partial charge in [0, 0.05) is 6.20 Å². The van der Waals surface area contributed by atoms with E-state index >= 15 is 0 Å². The first-order chi connectivity index (χ1) is 8.48. The summed E-state index contributed by atoms with van der Waals surface area (Å²) >= 11 is 0. The maximum atomic E-state index is 12.6. The zero-order valence-corrected chi connectivity index (χ0v) is 9.32. The fraction of sp³-hybridized carbons (Fsp3) is 0.154. The Hall–Kier alpha value is -2.04. The molecular formula is C13H10F3NO. The van der Waals surface area contributed by atoms with E-state index in [1.54, 1.807) is 30.3 Å². The number of hydrogen-bond acceptors (Lipinski definition) is 1. The van der Waals surface area contributed by atoms with Gasteiger partial charge in [-0.1, -0.05) is 30.3 Å². The largest absolute Gasteiger partial charge is 0.421 e. The van der Waals surface area contributed by atoms with Crippen molar-refractivity contribution in [3.8, 4) is 0 Å². The van der Waals surface area contributed by atoms with Crippen LogP contribution in [-0.2, 0) is 12.7 Å². The smallest absolute Gasteiger partial charge is 0.311 e. The van der Waals surface area contributed by atoms with Crippen molar-refractivity contribution in [1.29, 1.82) is 0 Å². The van der Waals surface area contributed by atoms with Crippen LogP contribution in [0.3, 0.4) is 0 Å². The van der Waals surface area contributed by atoms with Gasteiger partial charge in [-0.15, -0.1) is 0 Å². The standard InChI is InChI=1S/C13H10F3NO/c14-13(15,16)11-7-4-8-17(12(11)18)9-10-5-2-1-3-6-10/h1-8H,9H2. The van der Waals surface area contributed by atoms with Crippen LogP contribution in [0.2, 0.25) is 0 Å². The molecule has 5 heteroatoms. The molecule has 1 heterocycles. The van der Waals surface area contributed by atoms with Gasteiger partial charge in [-0.3, -0.25) is 4.79 Å². The van der Waals surface area contributed by atoms with Crippen LogP contribution in [0.25, 0.3) is 0 Å². The molecular weight excluding hydrogens is 243 g/mol. The molecule has 0 aliphatic carbocycles. The van der Waals surface area contributed by atoms with E-state index in [1.807, 2.05) is 0 Å². The second-order valence-corrected chi connectivity index (χ2v) is 3.84. The van der Waals surface area contributed by atoms with Gasteiger partial charge in [0.05, 0.1) is 6.54 Å². The topological polar surface area (TPSA) is 22.0 Å². The van der Waals surface area contributed by atoms with Gasteiger partial charge in [-0.25, -0.2) is 0 Å². The average Bonchev–Trinajstić information content (AvgIpc) is 2.32. The molecule has 0 saturated heterocycles. The molecule has 0 atom stereocenters. The highest BCUT2D eigenvalue weighted by Gasteiger charge is 2.34. The molecule has 0 saturated carbocycles. The van der Waals surface area contributed by atoms with Gasteiger partial charge < -0.3 is 4.57 Å². The number of rotatable bonds is 2. The zero-order chi connectivity index (χ0) is 13.2. The van der Waals surface area contributed by atoms with Gasteiger partial charge >= 0.3 is 6.18 Å². The molecule has 2 rings (SSSR count). The molecule has 0 unspecified atom stereocenters. The summed E-state index contributed by atoms with van der Waals surface area (Å²) in [6.45, 7) is 0.129. The molecule has 0 N–H and O–H groups in total. The van der Waals surface area contributed by atoms with Gasteiger partial charge in [-0.05, 0) is 17.7 Å². The Morgan fingerprint density at radius 3 is 2.28 bits per heavy atom. The lowest BCUT2D eigenvalue weighted by atomic mass is 10.2. The Morgan fingerprint density at radius 1 is 1.00 bits per heavy atom. The normalized spacial score (nSPS) is 11.5. The van der Waals surface area contributed by atoms with Crippen molar-refractivity contribution in [3.63, 3.8) is 0 Å². The number of nitrogens with zero attached hydrogens (tertiary/aromatic N) is 1. The van der Waals surface area contributed by atoms with Crippen LogP contribution in [-0.4, -0.2) is 4.57 Å². The number of hydrogen-bond donors (Lipinski definition) is 0. The highest BCUT2D eigenvalue weighted by molar-refractivity contribution is 5.18. The zero-order valence-electron chi connectivity index (χ0n) is 9.32. The number of halogens is 3. The van der Waals surface area contributed by atoms with Crippen LogP contribution in [0.15, 0.2) is 53.5 Å². The predicted molar refractivity (Wildman–Crippen MR) is 61.2 cm³/mol. The van der Waals surface area contributed by atoms with E-state index in [9.17, 15) is 18.0 Å². The molecule has 18 heavy (non-hydrogen) atoms. The van der Waals surface area contributed by atoms with Gasteiger partial charge in [-0.2, -0.15) is 13.2 Å². The van der Waals surface area contributed by atoms with Crippen LogP contribution in [0.4, 0.5) is 13.2 Å². The molecule has 0 aliphatic heterocycles. The third-order valence-corrected chi connectivity index (χ3v) is 2.52. The Bertz CT molecular complexity index is 587. The Morgan fingerprint density at radius 2 is 1.67 bits per heavy atom. The van der Waals surface area contributed by atoms with Crippen molar-refractivity contribution in [2.75, 3.05) is 0 Å². The van der Waals surface area contributed by atoms with E-state index < -0.39 is 17.3 Å². The van der Waals surface area contributed by atoms with E-state index in [2.05, 4.69) is 0 Å². The molecule has 0 amide bonds. The summed E-state index contributed by atoms with van der Waals surface area (Å²) in [4.78, 5) is 11.7.